The van der Waals surface area contributed by atoms with Gasteiger partial charge in [0.25, 0.3) is 0 Å². The van der Waals surface area contributed by atoms with Crippen molar-refractivity contribution in [2.45, 2.75) is 54.8 Å². The first-order valence-electron chi connectivity index (χ1n) is 7.21. The maximum Gasteiger partial charge on any atom is 0.214 e. The second-order valence-corrected chi connectivity index (χ2v) is 7.41. The highest BCUT2D eigenvalue weighted by Crippen LogP contribution is 2.33. The van der Waals surface area contributed by atoms with E-state index in [0.29, 0.717) is 10.7 Å². The molecule has 0 aromatic carbocycles. The molecule has 0 bridgehead atoms. The molecule has 7 heteroatoms. The highest BCUT2D eigenvalue weighted by molar-refractivity contribution is 8.01. The van der Waals surface area contributed by atoms with Crippen LogP contribution in [-0.4, -0.2) is 19.6 Å². The number of aromatic nitrogens is 4. The van der Waals surface area contributed by atoms with Crippen LogP contribution in [0.15, 0.2) is 9.37 Å². The Balaban J connectivity index is 1.60. The third-order valence-corrected chi connectivity index (χ3v) is 5.87. The monoisotopic (exact) mass is 319 g/mol. The molecular weight excluding hydrogens is 302 g/mol. The molecule has 5 nitrogen and oxygen atoms in total. The van der Waals surface area contributed by atoms with Crippen molar-refractivity contribution in [3.05, 3.63) is 17.1 Å². The summed E-state index contributed by atoms with van der Waals surface area (Å²) in [5.41, 5.74) is 1.42. The fourth-order valence-electron chi connectivity index (χ4n) is 2.70. The lowest BCUT2D eigenvalue weighted by Gasteiger charge is -2.05. The van der Waals surface area contributed by atoms with Crippen LogP contribution >= 0.6 is 23.3 Å². The topological polar surface area (TPSA) is 78.2 Å². The molecule has 0 spiro atoms. The molecule has 110 valence electrons. The minimum absolute atomic E-state index is 0.641. The normalized spacial score (nSPS) is 15.4. The maximum absolute atomic E-state index is 9.13. The lowest BCUT2D eigenvalue weighted by Crippen LogP contribution is -1.97. The van der Waals surface area contributed by atoms with Crippen LogP contribution in [0.1, 0.15) is 49.2 Å². The number of nitriles is 1. The van der Waals surface area contributed by atoms with E-state index in [4.69, 9.17) is 5.26 Å². The van der Waals surface area contributed by atoms with Crippen LogP contribution in [0.4, 0.5) is 0 Å². The quantitative estimate of drug-likeness (QED) is 0.908. The molecule has 0 radical (unpaired) electrons. The standard InChI is InChI=1S/C14H17N5S2/c1-9-11(8-15)13(21-19-9)20-14-16-12(17-18-14)7-6-10-4-2-3-5-10/h10H,2-7H2,1H3,(H,16,17,18). The minimum atomic E-state index is 0.641. The van der Waals surface area contributed by atoms with E-state index in [2.05, 4.69) is 25.6 Å². The number of nitrogens with zero attached hydrogens (tertiary/aromatic N) is 4. The predicted octanol–water partition coefficient (Wildman–Crippen LogP) is 3.72. The Bertz CT molecular complexity index is 649. The van der Waals surface area contributed by atoms with Gasteiger partial charge in [-0.25, -0.2) is 4.98 Å². The van der Waals surface area contributed by atoms with Crippen molar-refractivity contribution in [1.82, 2.24) is 19.6 Å². The number of rotatable bonds is 5. The number of hydrogen-bond acceptors (Lipinski definition) is 6. The third kappa shape index (κ3) is 3.44. The third-order valence-electron chi connectivity index (χ3n) is 3.90. The molecule has 0 saturated heterocycles. The maximum atomic E-state index is 9.13. The second-order valence-electron chi connectivity index (χ2n) is 5.40. The van der Waals surface area contributed by atoms with Gasteiger partial charge in [0.05, 0.1) is 11.3 Å². The lowest BCUT2D eigenvalue weighted by atomic mass is 10.0. The van der Waals surface area contributed by atoms with E-state index >= 15 is 0 Å². The summed E-state index contributed by atoms with van der Waals surface area (Å²) in [5, 5.41) is 17.1. The molecule has 1 saturated carbocycles. The average molecular weight is 319 g/mol. The first-order chi connectivity index (χ1) is 10.3. The number of hydrogen-bond donors (Lipinski definition) is 1. The molecular formula is C14H17N5S2. The zero-order valence-corrected chi connectivity index (χ0v) is 13.6. The van der Waals surface area contributed by atoms with Crippen LogP contribution in [0.3, 0.4) is 0 Å². The van der Waals surface area contributed by atoms with E-state index in [0.717, 1.165) is 28.1 Å². The van der Waals surface area contributed by atoms with E-state index in [1.54, 1.807) is 0 Å². The fraction of sp³-hybridized carbons (Fsp3) is 0.571. The van der Waals surface area contributed by atoms with Gasteiger partial charge in [0, 0.05) is 6.42 Å². The highest BCUT2D eigenvalue weighted by atomic mass is 32.2. The summed E-state index contributed by atoms with van der Waals surface area (Å²) in [4.78, 5) is 4.52. The Labute approximate surface area is 132 Å². The molecule has 2 aromatic heterocycles. The lowest BCUT2D eigenvalue weighted by molar-refractivity contribution is 0.497. The molecule has 0 unspecified atom stereocenters. The Morgan fingerprint density at radius 1 is 1.43 bits per heavy atom. The van der Waals surface area contributed by atoms with Crippen LogP contribution in [0.2, 0.25) is 0 Å². The van der Waals surface area contributed by atoms with Crippen LogP contribution < -0.4 is 0 Å². The van der Waals surface area contributed by atoms with Crippen molar-refractivity contribution in [1.29, 1.82) is 5.26 Å². The molecule has 1 aliphatic carbocycles. The van der Waals surface area contributed by atoms with Gasteiger partial charge in [-0.2, -0.15) is 9.64 Å². The first-order valence-corrected chi connectivity index (χ1v) is 8.80. The van der Waals surface area contributed by atoms with Gasteiger partial charge in [0.1, 0.15) is 16.1 Å². The molecule has 3 rings (SSSR count). The molecule has 1 aliphatic rings. The van der Waals surface area contributed by atoms with Crippen molar-refractivity contribution in [2.24, 2.45) is 5.92 Å². The second kappa shape index (κ2) is 6.58. The van der Waals surface area contributed by atoms with E-state index in [1.165, 1.54) is 55.4 Å². The summed E-state index contributed by atoms with van der Waals surface area (Å²) < 4.78 is 5.08. The zero-order chi connectivity index (χ0) is 14.7. The van der Waals surface area contributed by atoms with Crippen molar-refractivity contribution < 1.29 is 0 Å². The molecule has 1 fully saturated rings. The van der Waals surface area contributed by atoms with Gasteiger partial charge in [0.15, 0.2) is 0 Å². The Morgan fingerprint density at radius 3 is 3.00 bits per heavy atom. The Kier molecular flexibility index (Phi) is 4.56. The van der Waals surface area contributed by atoms with Gasteiger partial charge in [0.2, 0.25) is 5.16 Å². The number of nitrogens with one attached hydrogen (secondary N) is 1. The Hall–Kier alpha value is -1.39. The van der Waals surface area contributed by atoms with Crippen molar-refractivity contribution >= 4 is 23.3 Å². The first kappa shape index (κ1) is 14.5. The number of H-pyrrole nitrogens is 1. The predicted molar refractivity (Wildman–Crippen MR) is 82.4 cm³/mol. The summed E-state index contributed by atoms with van der Waals surface area (Å²) in [6, 6.07) is 2.19. The molecule has 2 aromatic rings. The van der Waals surface area contributed by atoms with Crippen LogP contribution in [0, 0.1) is 24.2 Å². The molecule has 1 N–H and O–H groups in total. The van der Waals surface area contributed by atoms with E-state index in [-0.39, 0.29) is 0 Å². The molecule has 0 aliphatic heterocycles. The van der Waals surface area contributed by atoms with Crippen molar-refractivity contribution in [3.8, 4) is 6.07 Å². The van der Waals surface area contributed by atoms with E-state index < -0.39 is 0 Å². The summed E-state index contributed by atoms with van der Waals surface area (Å²) >= 11 is 2.75. The number of aryl methyl sites for hydroxylation is 2. The van der Waals surface area contributed by atoms with E-state index in [9.17, 15) is 0 Å². The molecule has 0 amide bonds. The summed E-state index contributed by atoms with van der Waals surface area (Å²) in [5.74, 6) is 1.81. The fourth-order valence-corrected chi connectivity index (χ4v) is 4.49. The highest BCUT2D eigenvalue weighted by Gasteiger charge is 2.17. The average Bonchev–Trinajstić information content (AvgIpc) is 3.19. The van der Waals surface area contributed by atoms with Crippen LogP contribution in [-0.2, 0) is 6.42 Å². The van der Waals surface area contributed by atoms with Gasteiger partial charge < -0.3 is 0 Å². The van der Waals surface area contributed by atoms with Crippen LogP contribution in [0.5, 0.6) is 0 Å². The zero-order valence-electron chi connectivity index (χ0n) is 11.9. The van der Waals surface area contributed by atoms with Gasteiger partial charge >= 0.3 is 0 Å². The van der Waals surface area contributed by atoms with Gasteiger partial charge in [-0.05, 0) is 42.6 Å². The van der Waals surface area contributed by atoms with Crippen molar-refractivity contribution in [3.63, 3.8) is 0 Å². The van der Waals surface area contributed by atoms with Crippen molar-refractivity contribution in [2.75, 3.05) is 0 Å². The largest absolute Gasteiger partial charge is 0.262 e. The molecule has 0 atom stereocenters. The number of aromatic amines is 1. The van der Waals surface area contributed by atoms with E-state index in [1.807, 2.05) is 6.92 Å². The van der Waals surface area contributed by atoms with Gasteiger partial charge in [-0.3, -0.25) is 5.10 Å². The molecule has 2 heterocycles. The van der Waals surface area contributed by atoms with Gasteiger partial charge in [-0.1, -0.05) is 25.7 Å². The Morgan fingerprint density at radius 2 is 2.24 bits per heavy atom. The SMILES string of the molecule is Cc1nsc(Sc2n[nH]c(CCC3CCCC3)n2)c1C#N. The summed E-state index contributed by atoms with van der Waals surface area (Å²) in [6.45, 7) is 1.85. The summed E-state index contributed by atoms with van der Waals surface area (Å²) in [7, 11) is 0. The summed E-state index contributed by atoms with van der Waals surface area (Å²) in [6.07, 6.45) is 7.64. The van der Waals surface area contributed by atoms with Crippen LogP contribution in [0.25, 0.3) is 0 Å². The minimum Gasteiger partial charge on any atom is -0.262 e. The van der Waals surface area contributed by atoms with Gasteiger partial charge in [-0.15, -0.1) is 5.10 Å². The smallest absolute Gasteiger partial charge is 0.214 e. The molecule has 21 heavy (non-hydrogen) atoms.